The molecule has 124 valence electrons. The Morgan fingerprint density at radius 3 is 2.00 bits per heavy atom. The lowest BCUT2D eigenvalue weighted by atomic mass is 10.1. The monoisotopic (exact) mass is 316 g/mol. The Labute approximate surface area is 131 Å². The zero-order chi connectivity index (χ0) is 15.8. The Morgan fingerprint density at radius 1 is 0.810 bits per heavy atom. The van der Waals surface area contributed by atoms with Crippen LogP contribution < -0.4 is 0 Å². The van der Waals surface area contributed by atoms with E-state index in [1.54, 1.807) is 0 Å². The van der Waals surface area contributed by atoms with Crippen LogP contribution in [0, 0.1) is 0 Å². The Bertz CT molecular complexity index is 314. The molecule has 0 amide bonds. The van der Waals surface area contributed by atoms with Crippen LogP contribution in [0.25, 0.3) is 0 Å². The summed E-state index contributed by atoms with van der Waals surface area (Å²) in [6.07, 6.45) is 17.4. The summed E-state index contributed by atoms with van der Waals surface area (Å²) in [7, 11) is -2.92. The highest BCUT2D eigenvalue weighted by Gasteiger charge is 2.20. The van der Waals surface area contributed by atoms with Crippen LogP contribution in [0.3, 0.4) is 0 Å². The minimum atomic E-state index is -2.92. The van der Waals surface area contributed by atoms with Gasteiger partial charge in [0.1, 0.15) is 0 Å². The predicted molar refractivity (Wildman–Crippen MR) is 92.0 cm³/mol. The minimum absolute atomic E-state index is 0.343. The third-order valence-electron chi connectivity index (χ3n) is 3.09. The molecule has 0 bridgehead atoms. The van der Waals surface area contributed by atoms with Gasteiger partial charge < -0.3 is 9.05 Å². The lowest BCUT2D eigenvalue weighted by Crippen LogP contribution is -1.98. The first-order valence-electron chi connectivity index (χ1n) is 8.38. The van der Waals surface area contributed by atoms with Crippen LogP contribution in [-0.4, -0.2) is 19.4 Å². The average molecular weight is 316 g/mol. The summed E-state index contributed by atoms with van der Waals surface area (Å²) < 4.78 is 22.6. The van der Waals surface area contributed by atoms with E-state index in [1.807, 2.05) is 32.1 Å². The fourth-order valence-corrected chi connectivity index (χ4v) is 3.47. The second kappa shape index (κ2) is 14.6. The Kier molecular flexibility index (Phi) is 14.3. The highest BCUT2D eigenvalue weighted by atomic mass is 31.2. The van der Waals surface area contributed by atoms with Gasteiger partial charge in [0.05, 0.1) is 19.4 Å². The van der Waals surface area contributed by atoms with Crippen LogP contribution >= 0.6 is 7.60 Å². The molecule has 4 heteroatoms. The molecule has 0 aromatic heterocycles. The van der Waals surface area contributed by atoms with E-state index in [-0.39, 0.29) is 0 Å². The van der Waals surface area contributed by atoms with Crippen molar-refractivity contribution in [2.75, 3.05) is 19.4 Å². The van der Waals surface area contributed by atoms with Crippen molar-refractivity contribution in [2.24, 2.45) is 0 Å². The van der Waals surface area contributed by atoms with Crippen molar-refractivity contribution in [1.29, 1.82) is 0 Å². The van der Waals surface area contributed by atoms with Gasteiger partial charge in [-0.2, -0.15) is 0 Å². The smallest absolute Gasteiger partial charge is 0.309 e. The molecule has 0 aliphatic heterocycles. The molecule has 0 fully saturated rings. The number of rotatable bonds is 14. The van der Waals surface area contributed by atoms with Crippen LogP contribution in [0.15, 0.2) is 24.3 Å². The Balaban J connectivity index is 3.73. The summed E-state index contributed by atoms with van der Waals surface area (Å²) >= 11 is 0. The van der Waals surface area contributed by atoms with Crippen molar-refractivity contribution in [3.05, 3.63) is 24.3 Å². The number of hydrogen-bond acceptors (Lipinski definition) is 3. The molecule has 0 aromatic carbocycles. The molecular formula is C17H33O3P. The maximum absolute atomic E-state index is 12.2. The fraction of sp³-hybridized carbons (Fsp3) is 0.765. The normalized spacial score (nSPS) is 12.7. The molecule has 0 N–H and O–H groups in total. The zero-order valence-electron chi connectivity index (χ0n) is 14.1. The number of hydrogen-bond donors (Lipinski definition) is 0. The molecule has 0 aliphatic rings. The maximum atomic E-state index is 12.2. The van der Waals surface area contributed by atoms with E-state index >= 15 is 0 Å². The molecule has 0 spiro atoms. The van der Waals surface area contributed by atoms with E-state index in [1.165, 1.54) is 38.5 Å². The highest BCUT2D eigenvalue weighted by molar-refractivity contribution is 7.54. The molecule has 21 heavy (non-hydrogen) atoms. The highest BCUT2D eigenvalue weighted by Crippen LogP contribution is 2.47. The second-order valence-electron chi connectivity index (χ2n) is 5.04. The van der Waals surface area contributed by atoms with Crippen LogP contribution in [0.2, 0.25) is 0 Å². The van der Waals surface area contributed by atoms with Gasteiger partial charge in [-0.05, 0) is 26.7 Å². The SMILES string of the molecule is CCCCCCCC/C=C\C=C\CP(=O)(OCC)OCC. The minimum Gasteiger partial charge on any atom is -0.309 e. The van der Waals surface area contributed by atoms with Gasteiger partial charge >= 0.3 is 7.60 Å². The van der Waals surface area contributed by atoms with E-state index in [4.69, 9.17) is 9.05 Å². The van der Waals surface area contributed by atoms with Crippen LogP contribution in [0.4, 0.5) is 0 Å². The van der Waals surface area contributed by atoms with E-state index in [9.17, 15) is 4.57 Å². The molecule has 3 nitrogen and oxygen atoms in total. The van der Waals surface area contributed by atoms with Gasteiger partial charge in [0.15, 0.2) is 0 Å². The van der Waals surface area contributed by atoms with Crippen molar-refractivity contribution in [3.8, 4) is 0 Å². The Morgan fingerprint density at radius 2 is 1.38 bits per heavy atom. The molecule has 0 atom stereocenters. The maximum Gasteiger partial charge on any atom is 0.334 e. The standard InChI is InChI=1S/C17H33O3P/c1-4-7-8-9-10-11-12-13-14-15-16-17-21(18,19-5-2)20-6-3/h13-16H,4-12,17H2,1-3H3/b14-13-,16-15+. The summed E-state index contributed by atoms with van der Waals surface area (Å²) in [5.74, 6) is 0. The van der Waals surface area contributed by atoms with E-state index in [2.05, 4.69) is 13.0 Å². The van der Waals surface area contributed by atoms with E-state index in [0.717, 1.165) is 6.42 Å². The summed E-state index contributed by atoms with van der Waals surface area (Å²) in [4.78, 5) is 0. The first kappa shape index (κ1) is 20.6. The number of allylic oxidation sites excluding steroid dienone is 4. The van der Waals surface area contributed by atoms with Crippen molar-refractivity contribution in [3.63, 3.8) is 0 Å². The summed E-state index contributed by atoms with van der Waals surface area (Å²) in [6, 6.07) is 0. The van der Waals surface area contributed by atoms with Gasteiger partial charge in [-0.25, -0.2) is 0 Å². The summed E-state index contributed by atoms with van der Waals surface area (Å²) in [5.41, 5.74) is 0. The molecule has 0 heterocycles. The summed E-state index contributed by atoms with van der Waals surface area (Å²) in [5, 5.41) is 0. The third kappa shape index (κ3) is 13.0. The van der Waals surface area contributed by atoms with Crippen molar-refractivity contribution >= 4 is 7.60 Å². The molecule has 0 saturated carbocycles. The molecule has 0 unspecified atom stereocenters. The lowest BCUT2D eigenvalue weighted by Gasteiger charge is -2.14. The largest absolute Gasteiger partial charge is 0.334 e. The van der Waals surface area contributed by atoms with Crippen molar-refractivity contribution in [1.82, 2.24) is 0 Å². The predicted octanol–water partition coefficient (Wildman–Crippen LogP) is 6.12. The zero-order valence-corrected chi connectivity index (χ0v) is 14.9. The van der Waals surface area contributed by atoms with Gasteiger partial charge in [0.2, 0.25) is 0 Å². The lowest BCUT2D eigenvalue weighted by molar-refractivity contribution is 0.222. The molecule has 0 aliphatic carbocycles. The third-order valence-corrected chi connectivity index (χ3v) is 5.05. The van der Waals surface area contributed by atoms with Crippen molar-refractivity contribution < 1.29 is 13.6 Å². The fourth-order valence-electron chi connectivity index (χ4n) is 2.02. The summed E-state index contributed by atoms with van der Waals surface area (Å²) in [6.45, 7) is 6.73. The van der Waals surface area contributed by atoms with Crippen LogP contribution in [0.5, 0.6) is 0 Å². The first-order chi connectivity index (χ1) is 10.2. The van der Waals surface area contributed by atoms with Gasteiger partial charge in [-0.1, -0.05) is 63.3 Å². The van der Waals surface area contributed by atoms with Gasteiger partial charge in [0, 0.05) is 0 Å². The topological polar surface area (TPSA) is 35.5 Å². The molecule has 0 radical (unpaired) electrons. The van der Waals surface area contributed by atoms with Crippen molar-refractivity contribution in [2.45, 2.75) is 65.7 Å². The number of unbranched alkanes of at least 4 members (excludes halogenated alkanes) is 6. The second-order valence-corrected chi connectivity index (χ2v) is 7.15. The quantitative estimate of drug-likeness (QED) is 0.220. The molecule has 0 saturated heterocycles. The molecular weight excluding hydrogens is 283 g/mol. The first-order valence-corrected chi connectivity index (χ1v) is 10.1. The van der Waals surface area contributed by atoms with Crippen LogP contribution in [0.1, 0.15) is 65.7 Å². The average Bonchev–Trinajstić information content (AvgIpc) is 2.45. The van der Waals surface area contributed by atoms with Gasteiger partial charge in [0.25, 0.3) is 0 Å². The van der Waals surface area contributed by atoms with E-state index < -0.39 is 7.60 Å². The van der Waals surface area contributed by atoms with Gasteiger partial charge in [-0.3, -0.25) is 4.57 Å². The Hall–Kier alpha value is -0.370. The van der Waals surface area contributed by atoms with E-state index in [0.29, 0.717) is 19.4 Å². The van der Waals surface area contributed by atoms with Gasteiger partial charge in [-0.15, -0.1) is 0 Å². The molecule has 0 aromatic rings. The molecule has 0 rings (SSSR count). The van der Waals surface area contributed by atoms with Crippen LogP contribution in [-0.2, 0) is 13.6 Å².